The van der Waals surface area contributed by atoms with Gasteiger partial charge < -0.3 is 20.0 Å². The smallest absolute Gasteiger partial charge is 0.139 e. The van der Waals surface area contributed by atoms with Crippen LogP contribution in [0.1, 0.15) is 0 Å². The van der Waals surface area contributed by atoms with Crippen molar-refractivity contribution in [1.29, 1.82) is 0 Å². The molecule has 2 unspecified atom stereocenters. The van der Waals surface area contributed by atoms with Crippen LogP contribution in [0.2, 0.25) is 0 Å². The highest BCUT2D eigenvalue weighted by Gasteiger charge is 2.38. The molecule has 5 nitrogen and oxygen atoms in total. The summed E-state index contributed by atoms with van der Waals surface area (Å²) in [4.78, 5) is 13.1. The second-order valence-electron chi connectivity index (χ2n) is 3.70. The second kappa shape index (κ2) is 4.35. The molecule has 0 radical (unpaired) electrons. The highest BCUT2D eigenvalue weighted by Crippen LogP contribution is 2.19. The fourth-order valence-electron chi connectivity index (χ4n) is 1.98. The summed E-state index contributed by atoms with van der Waals surface area (Å²) in [6, 6.07) is 0.186. The van der Waals surface area contributed by atoms with Crippen molar-refractivity contribution in [3.63, 3.8) is 0 Å². The van der Waals surface area contributed by atoms with E-state index in [0.717, 1.165) is 26.0 Å². The van der Waals surface area contributed by atoms with Gasteiger partial charge in [-0.05, 0) is 0 Å². The van der Waals surface area contributed by atoms with E-state index in [1.807, 2.05) is 0 Å². The average Bonchev–Trinajstić information content (AvgIpc) is 2.15. The van der Waals surface area contributed by atoms with Gasteiger partial charge in [0.2, 0.25) is 0 Å². The van der Waals surface area contributed by atoms with Crippen LogP contribution in [-0.4, -0.2) is 62.3 Å². The van der Waals surface area contributed by atoms with E-state index >= 15 is 0 Å². The summed E-state index contributed by atoms with van der Waals surface area (Å²) in [5.74, 6) is 0. The topological polar surface area (TPSA) is 64.8 Å². The van der Waals surface area contributed by atoms with Crippen LogP contribution in [0.4, 0.5) is 0 Å². The Bertz CT molecular complexity index is 208. The minimum Gasteiger partial charge on any atom is -0.378 e. The van der Waals surface area contributed by atoms with Crippen molar-refractivity contribution >= 4 is 6.29 Å². The lowest BCUT2D eigenvalue weighted by atomic mass is 10.0. The summed E-state index contributed by atoms with van der Waals surface area (Å²) in [7, 11) is 0. The lowest BCUT2D eigenvalue weighted by molar-refractivity contribution is -0.150. The third-order valence-electron chi connectivity index (χ3n) is 2.91. The third-order valence-corrected chi connectivity index (χ3v) is 2.91. The SMILES string of the molecule is NCC1OCCN(C2COC2)C1C=O. The van der Waals surface area contributed by atoms with E-state index in [-0.39, 0.29) is 12.1 Å². The molecule has 2 heterocycles. The van der Waals surface area contributed by atoms with Crippen molar-refractivity contribution in [3.05, 3.63) is 0 Å². The fourth-order valence-corrected chi connectivity index (χ4v) is 1.98. The molecule has 0 saturated carbocycles. The van der Waals surface area contributed by atoms with Gasteiger partial charge >= 0.3 is 0 Å². The van der Waals surface area contributed by atoms with Crippen LogP contribution in [0.15, 0.2) is 0 Å². The van der Waals surface area contributed by atoms with E-state index in [9.17, 15) is 4.79 Å². The van der Waals surface area contributed by atoms with Gasteiger partial charge in [-0.3, -0.25) is 4.90 Å². The van der Waals surface area contributed by atoms with E-state index in [2.05, 4.69) is 4.90 Å². The average molecular weight is 200 g/mol. The maximum atomic E-state index is 11.0. The number of ether oxygens (including phenoxy) is 2. The Balaban J connectivity index is 2.01. The molecule has 0 spiro atoms. The van der Waals surface area contributed by atoms with Crippen LogP contribution < -0.4 is 5.73 Å². The Morgan fingerprint density at radius 1 is 1.50 bits per heavy atom. The van der Waals surface area contributed by atoms with Crippen molar-refractivity contribution in [2.24, 2.45) is 5.73 Å². The molecule has 0 bridgehead atoms. The molecule has 2 saturated heterocycles. The summed E-state index contributed by atoms with van der Waals surface area (Å²) < 4.78 is 10.6. The largest absolute Gasteiger partial charge is 0.378 e. The van der Waals surface area contributed by atoms with Gasteiger partial charge in [0.05, 0.1) is 38.0 Å². The van der Waals surface area contributed by atoms with Gasteiger partial charge in [-0.25, -0.2) is 0 Å². The van der Waals surface area contributed by atoms with Crippen molar-refractivity contribution in [3.8, 4) is 0 Å². The maximum Gasteiger partial charge on any atom is 0.139 e. The number of morpholine rings is 1. The van der Waals surface area contributed by atoms with Crippen molar-refractivity contribution in [1.82, 2.24) is 4.90 Å². The summed E-state index contributed by atoms with van der Waals surface area (Å²) in [6.45, 7) is 3.30. The monoisotopic (exact) mass is 200 g/mol. The summed E-state index contributed by atoms with van der Waals surface area (Å²) in [5.41, 5.74) is 5.55. The van der Waals surface area contributed by atoms with Crippen molar-refractivity contribution in [2.45, 2.75) is 18.2 Å². The minimum atomic E-state index is -0.192. The van der Waals surface area contributed by atoms with Gasteiger partial charge in [0.1, 0.15) is 6.29 Å². The Morgan fingerprint density at radius 3 is 2.79 bits per heavy atom. The Kier molecular flexibility index (Phi) is 3.12. The van der Waals surface area contributed by atoms with Crippen LogP contribution in [0.25, 0.3) is 0 Å². The number of nitrogens with two attached hydrogens (primary N) is 1. The van der Waals surface area contributed by atoms with Gasteiger partial charge in [0.15, 0.2) is 0 Å². The molecular weight excluding hydrogens is 184 g/mol. The van der Waals surface area contributed by atoms with E-state index < -0.39 is 0 Å². The molecule has 0 aliphatic carbocycles. The van der Waals surface area contributed by atoms with Gasteiger partial charge in [-0.2, -0.15) is 0 Å². The number of nitrogens with zero attached hydrogens (tertiary/aromatic N) is 1. The number of hydrogen-bond acceptors (Lipinski definition) is 5. The molecule has 2 aliphatic heterocycles. The maximum absolute atomic E-state index is 11.0. The van der Waals surface area contributed by atoms with E-state index in [1.165, 1.54) is 0 Å². The van der Waals surface area contributed by atoms with Crippen molar-refractivity contribution in [2.75, 3.05) is 32.9 Å². The van der Waals surface area contributed by atoms with Crippen LogP contribution >= 0.6 is 0 Å². The molecule has 2 fully saturated rings. The normalized spacial score (nSPS) is 35.2. The zero-order valence-electron chi connectivity index (χ0n) is 8.09. The quantitative estimate of drug-likeness (QED) is 0.568. The molecular formula is C9H16N2O3. The van der Waals surface area contributed by atoms with Crippen LogP contribution in [0.3, 0.4) is 0 Å². The molecule has 5 heteroatoms. The number of hydrogen-bond donors (Lipinski definition) is 1. The highest BCUT2D eigenvalue weighted by atomic mass is 16.5. The van der Waals surface area contributed by atoms with Gasteiger partial charge in [0, 0.05) is 13.1 Å². The lowest BCUT2D eigenvalue weighted by Gasteiger charge is -2.45. The molecule has 2 N–H and O–H groups in total. The van der Waals surface area contributed by atoms with Gasteiger partial charge in [-0.15, -0.1) is 0 Å². The number of rotatable bonds is 3. The molecule has 0 aromatic heterocycles. The number of aldehydes is 1. The van der Waals surface area contributed by atoms with Gasteiger partial charge in [0.25, 0.3) is 0 Å². The molecule has 0 amide bonds. The van der Waals surface area contributed by atoms with Crippen molar-refractivity contribution < 1.29 is 14.3 Å². The number of carbonyl (C=O) groups is 1. The highest BCUT2D eigenvalue weighted by molar-refractivity contribution is 5.59. The summed E-state index contributed by atoms with van der Waals surface area (Å²) in [6.07, 6.45) is 0.788. The second-order valence-corrected chi connectivity index (χ2v) is 3.70. The van der Waals surface area contributed by atoms with E-state index in [4.69, 9.17) is 15.2 Å². The molecule has 2 atom stereocenters. The Morgan fingerprint density at radius 2 is 2.29 bits per heavy atom. The van der Waals surface area contributed by atoms with Crippen LogP contribution in [0, 0.1) is 0 Å². The van der Waals surface area contributed by atoms with E-state index in [0.29, 0.717) is 19.2 Å². The predicted octanol–water partition coefficient (Wildman–Crippen LogP) is -1.39. The lowest BCUT2D eigenvalue weighted by Crippen LogP contribution is -2.62. The minimum absolute atomic E-state index is 0.151. The molecule has 0 aromatic carbocycles. The summed E-state index contributed by atoms with van der Waals surface area (Å²) >= 11 is 0. The fraction of sp³-hybridized carbons (Fsp3) is 0.889. The Hall–Kier alpha value is -0.490. The van der Waals surface area contributed by atoms with Crippen LogP contribution in [0.5, 0.6) is 0 Å². The zero-order valence-corrected chi connectivity index (χ0v) is 8.09. The molecule has 14 heavy (non-hydrogen) atoms. The first-order chi connectivity index (χ1) is 6.86. The first-order valence-corrected chi connectivity index (χ1v) is 4.97. The predicted molar refractivity (Wildman–Crippen MR) is 50.0 cm³/mol. The van der Waals surface area contributed by atoms with Gasteiger partial charge in [-0.1, -0.05) is 0 Å². The number of carbonyl (C=O) groups excluding carboxylic acids is 1. The Labute approximate surface area is 83.1 Å². The molecule has 2 aliphatic rings. The summed E-state index contributed by atoms with van der Waals surface area (Å²) in [5, 5.41) is 0. The third kappa shape index (κ3) is 1.68. The first kappa shape index (κ1) is 10.0. The van der Waals surface area contributed by atoms with E-state index in [1.54, 1.807) is 0 Å². The molecule has 0 aromatic rings. The van der Waals surface area contributed by atoms with Crippen LogP contribution in [-0.2, 0) is 14.3 Å². The zero-order chi connectivity index (χ0) is 9.97. The molecule has 80 valence electrons. The molecule has 2 rings (SSSR count). The standard InChI is InChI=1S/C9H16N2O3/c10-3-9-8(4-12)11(1-2-14-9)7-5-13-6-7/h4,7-9H,1-3,5-6,10H2. The first-order valence-electron chi connectivity index (χ1n) is 4.97.